The van der Waals surface area contributed by atoms with Crippen molar-refractivity contribution in [2.24, 2.45) is 0 Å². The molecule has 1 atom stereocenters. The summed E-state index contributed by atoms with van der Waals surface area (Å²) in [5.74, 6) is -0.827. The highest BCUT2D eigenvalue weighted by Gasteiger charge is 2.20. The van der Waals surface area contributed by atoms with E-state index >= 15 is 0 Å². The summed E-state index contributed by atoms with van der Waals surface area (Å²) in [4.78, 5) is 38.4. The Balaban J connectivity index is 4.06. The van der Waals surface area contributed by atoms with E-state index in [0.717, 1.165) is 57.8 Å². The van der Waals surface area contributed by atoms with E-state index < -0.39 is 6.10 Å². The number of hydrogen-bond acceptors (Lipinski definition) is 6. The third-order valence-corrected chi connectivity index (χ3v) is 17.3. The Morgan fingerprint density at radius 2 is 0.407 bits per heavy atom. The summed E-state index contributed by atoms with van der Waals surface area (Å²) < 4.78 is 17.0. The second-order valence-corrected chi connectivity index (χ2v) is 25.6. The van der Waals surface area contributed by atoms with Crippen molar-refractivity contribution in [1.29, 1.82) is 0 Å². The maximum Gasteiger partial charge on any atom is 0.306 e. The van der Waals surface area contributed by atoms with Crippen molar-refractivity contribution in [2.75, 3.05) is 13.2 Å². The van der Waals surface area contributed by atoms with Crippen LogP contribution in [0.25, 0.3) is 0 Å². The largest absolute Gasteiger partial charge is 0.462 e. The van der Waals surface area contributed by atoms with Crippen LogP contribution in [-0.4, -0.2) is 37.2 Å². The first kappa shape index (κ1) is 79.2. The second-order valence-electron chi connectivity index (χ2n) is 25.6. The summed E-state index contributed by atoms with van der Waals surface area (Å²) >= 11 is 0. The predicted molar refractivity (Wildman–Crippen MR) is 353 cm³/mol. The van der Waals surface area contributed by atoms with Crippen molar-refractivity contribution in [3.05, 3.63) is 12.2 Å². The van der Waals surface area contributed by atoms with E-state index in [4.69, 9.17) is 14.2 Å². The highest BCUT2D eigenvalue weighted by atomic mass is 16.6. The van der Waals surface area contributed by atoms with Gasteiger partial charge < -0.3 is 14.2 Å². The average molecular weight is 1140 g/mol. The normalized spacial score (nSPS) is 12.0. The first-order valence-electron chi connectivity index (χ1n) is 37.2. The lowest BCUT2D eigenvalue weighted by Gasteiger charge is -2.18. The monoisotopic (exact) mass is 1140 g/mol. The molecule has 6 heteroatoms. The van der Waals surface area contributed by atoms with E-state index in [1.807, 2.05) is 0 Å². The van der Waals surface area contributed by atoms with Crippen molar-refractivity contribution in [1.82, 2.24) is 0 Å². The van der Waals surface area contributed by atoms with Gasteiger partial charge in [-0.1, -0.05) is 380 Å². The fraction of sp³-hybridized carbons (Fsp3) is 0.933. The van der Waals surface area contributed by atoms with Gasteiger partial charge in [0.15, 0.2) is 6.10 Å². The van der Waals surface area contributed by atoms with Gasteiger partial charge in [-0.25, -0.2) is 0 Å². The number of esters is 3. The maximum absolute atomic E-state index is 12.9. The van der Waals surface area contributed by atoms with Crippen LogP contribution in [0.5, 0.6) is 0 Å². The number of unbranched alkanes of at least 4 members (excludes halogenated alkanes) is 57. The molecule has 0 saturated carbocycles. The fourth-order valence-electron chi connectivity index (χ4n) is 11.7. The molecule has 0 radical (unpaired) electrons. The minimum absolute atomic E-state index is 0.0620. The molecule has 0 aliphatic rings. The molecule has 6 nitrogen and oxygen atoms in total. The van der Waals surface area contributed by atoms with Crippen LogP contribution >= 0.6 is 0 Å². The van der Waals surface area contributed by atoms with Crippen molar-refractivity contribution in [2.45, 2.75) is 438 Å². The molecule has 0 heterocycles. The number of ether oxygens (including phenoxy) is 3. The number of hydrogen-bond donors (Lipinski definition) is 0. The van der Waals surface area contributed by atoms with Crippen LogP contribution in [0.2, 0.25) is 0 Å². The molecule has 0 aromatic rings. The molecule has 0 aromatic carbocycles. The molecule has 480 valence electrons. The van der Waals surface area contributed by atoms with Gasteiger partial charge in [0.05, 0.1) is 0 Å². The molecular formula is C75H144O6. The Bertz CT molecular complexity index is 1260. The van der Waals surface area contributed by atoms with Crippen LogP contribution in [0.1, 0.15) is 432 Å². The molecule has 0 aliphatic carbocycles. The van der Waals surface area contributed by atoms with Gasteiger partial charge >= 0.3 is 17.9 Å². The van der Waals surface area contributed by atoms with Gasteiger partial charge in [0.1, 0.15) is 13.2 Å². The minimum Gasteiger partial charge on any atom is -0.462 e. The third kappa shape index (κ3) is 68.8. The zero-order chi connectivity index (χ0) is 58.5. The summed E-state index contributed by atoms with van der Waals surface area (Å²) in [7, 11) is 0. The summed E-state index contributed by atoms with van der Waals surface area (Å²) in [5.41, 5.74) is 0. The molecule has 0 amide bonds. The van der Waals surface area contributed by atoms with Crippen LogP contribution in [0.4, 0.5) is 0 Å². The zero-order valence-corrected chi connectivity index (χ0v) is 55.4. The van der Waals surface area contributed by atoms with E-state index in [1.54, 1.807) is 0 Å². The van der Waals surface area contributed by atoms with E-state index in [-0.39, 0.29) is 31.1 Å². The van der Waals surface area contributed by atoms with Gasteiger partial charge in [0.25, 0.3) is 0 Å². The molecule has 0 rings (SSSR count). The molecule has 0 aliphatic heterocycles. The Labute approximate surface area is 507 Å². The molecule has 0 saturated heterocycles. The Hall–Kier alpha value is -1.85. The molecule has 81 heavy (non-hydrogen) atoms. The van der Waals surface area contributed by atoms with Crippen LogP contribution in [0, 0.1) is 0 Å². The molecule has 0 aromatic heterocycles. The lowest BCUT2D eigenvalue weighted by molar-refractivity contribution is -0.167. The molecule has 0 spiro atoms. The zero-order valence-electron chi connectivity index (χ0n) is 55.4. The Morgan fingerprint density at radius 1 is 0.235 bits per heavy atom. The topological polar surface area (TPSA) is 78.9 Å². The summed E-state index contributed by atoms with van der Waals surface area (Å²) in [5, 5.41) is 0. The van der Waals surface area contributed by atoms with Gasteiger partial charge in [-0.05, 0) is 44.9 Å². The average Bonchev–Trinajstić information content (AvgIpc) is 3.47. The van der Waals surface area contributed by atoms with Gasteiger partial charge in [-0.3, -0.25) is 14.4 Å². The number of allylic oxidation sites excluding steroid dienone is 2. The first-order chi connectivity index (χ1) is 40.0. The quantitative estimate of drug-likeness (QED) is 0.0261. The molecule has 1 unspecified atom stereocenters. The lowest BCUT2D eigenvalue weighted by atomic mass is 10.0. The van der Waals surface area contributed by atoms with Crippen molar-refractivity contribution >= 4 is 17.9 Å². The second kappa shape index (κ2) is 70.6. The van der Waals surface area contributed by atoms with Crippen LogP contribution in [0.15, 0.2) is 12.2 Å². The van der Waals surface area contributed by atoms with Gasteiger partial charge in [0.2, 0.25) is 0 Å². The number of rotatable bonds is 70. The fourth-order valence-corrected chi connectivity index (χ4v) is 11.7. The Morgan fingerprint density at radius 3 is 0.617 bits per heavy atom. The van der Waals surface area contributed by atoms with Crippen molar-refractivity contribution < 1.29 is 28.6 Å². The van der Waals surface area contributed by atoms with E-state index in [0.29, 0.717) is 19.3 Å². The van der Waals surface area contributed by atoms with Crippen molar-refractivity contribution in [3.8, 4) is 0 Å². The van der Waals surface area contributed by atoms with E-state index in [1.165, 1.54) is 334 Å². The summed E-state index contributed by atoms with van der Waals surface area (Å²) in [6.45, 7) is 6.72. The van der Waals surface area contributed by atoms with E-state index in [2.05, 4.69) is 32.9 Å². The highest BCUT2D eigenvalue weighted by molar-refractivity contribution is 5.71. The maximum atomic E-state index is 12.9. The van der Waals surface area contributed by atoms with Gasteiger partial charge in [-0.15, -0.1) is 0 Å². The number of carbonyl (C=O) groups is 3. The van der Waals surface area contributed by atoms with Crippen molar-refractivity contribution in [3.63, 3.8) is 0 Å². The van der Waals surface area contributed by atoms with Gasteiger partial charge in [-0.2, -0.15) is 0 Å². The highest BCUT2D eigenvalue weighted by Crippen LogP contribution is 2.19. The molecule has 0 bridgehead atoms. The first-order valence-corrected chi connectivity index (χ1v) is 37.2. The summed E-state index contributed by atoms with van der Waals surface area (Å²) in [6.07, 6.45) is 85.6. The molecule has 0 N–H and O–H groups in total. The lowest BCUT2D eigenvalue weighted by Crippen LogP contribution is -2.30. The summed E-state index contributed by atoms with van der Waals surface area (Å²) in [6, 6.07) is 0. The van der Waals surface area contributed by atoms with E-state index in [9.17, 15) is 14.4 Å². The SMILES string of the molecule is CCCCCCCCCC/C=C\CCCCCCCCCCCCCCCCCCCCCC(=O)OCC(COC(=O)CCCCCCCCCCCC)OC(=O)CCCCCCCCCCCCCCCCCCCCCCCC. The molecular weight excluding hydrogens is 997 g/mol. The number of carbonyl (C=O) groups excluding carboxylic acids is 3. The Kier molecular flexibility index (Phi) is 69.0. The van der Waals surface area contributed by atoms with Crippen LogP contribution < -0.4 is 0 Å². The third-order valence-electron chi connectivity index (χ3n) is 17.3. The van der Waals surface area contributed by atoms with Crippen LogP contribution in [0.3, 0.4) is 0 Å². The van der Waals surface area contributed by atoms with Crippen LogP contribution in [-0.2, 0) is 28.6 Å². The van der Waals surface area contributed by atoms with Gasteiger partial charge in [0, 0.05) is 19.3 Å². The predicted octanol–water partition coefficient (Wildman–Crippen LogP) is 25.6. The standard InChI is InChI=1S/C75H144O6/c1-4-7-10-13-16-19-22-24-26-28-30-32-34-35-36-37-38-39-40-41-42-44-45-47-49-51-53-56-59-62-65-68-74(77)80-71-72(70-79-73(76)67-64-61-58-55-21-18-15-12-9-6-3)81-75(78)69-66-63-60-57-54-52-50-48-46-43-33-31-29-27-25-23-20-17-14-11-8-5-2/h28,30,72H,4-27,29,31-71H2,1-3H3/b30-28-. The smallest absolute Gasteiger partial charge is 0.306 e. The minimum atomic E-state index is -0.764. The molecule has 0 fully saturated rings.